The summed E-state index contributed by atoms with van der Waals surface area (Å²) in [6.45, 7) is 4.75. The number of esters is 1. The quantitative estimate of drug-likeness (QED) is 0.727. The Balaban J connectivity index is 2.24. The highest BCUT2D eigenvalue weighted by molar-refractivity contribution is 5.69. The van der Waals surface area contributed by atoms with Gasteiger partial charge in [-0.2, -0.15) is 0 Å². The maximum absolute atomic E-state index is 11.5. The molecular formula is C12H23NO2. The molecule has 0 bridgehead atoms. The van der Waals surface area contributed by atoms with Crippen molar-refractivity contribution >= 4 is 5.97 Å². The lowest BCUT2D eigenvalue weighted by Crippen LogP contribution is -2.26. The predicted molar refractivity (Wildman–Crippen MR) is 60.3 cm³/mol. The lowest BCUT2D eigenvalue weighted by molar-refractivity contribution is -0.152. The van der Waals surface area contributed by atoms with E-state index >= 15 is 0 Å². The molecule has 0 aromatic carbocycles. The minimum Gasteiger partial charge on any atom is -0.462 e. The molecule has 0 saturated heterocycles. The van der Waals surface area contributed by atoms with Crippen LogP contribution >= 0.6 is 0 Å². The Hall–Kier alpha value is -0.570. The smallest absolute Gasteiger partial charge is 0.306 e. The van der Waals surface area contributed by atoms with Crippen molar-refractivity contribution in [3.05, 3.63) is 0 Å². The molecule has 1 fully saturated rings. The summed E-state index contributed by atoms with van der Waals surface area (Å²) >= 11 is 0. The first kappa shape index (κ1) is 12.5. The standard InChI is InChI=1S/C12H23NO2/c1-9-4-3-5-11(6-9)15-12(14)7-10(2)8-13/h9-11H,3-8,13H2,1-2H3. The van der Waals surface area contributed by atoms with Crippen molar-refractivity contribution in [3.63, 3.8) is 0 Å². The monoisotopic (exact) mass is 213 g/mol. The van der Waals surface area contributed by atoms with E-state index in [2.05, 4.69) is 6.92 Å². The molecule has 3 heteroatoms. The SMILES string of the molecule is CC(CN)CC(=O)OC1CCCC(C)C1. The van der Waals surface area contributed by atoms with E-state index in [0.717, 1.165) is 12.8 Å². The van der Waals surface area contributed by atoms with Gasteiger partial charge in [0.25, 0.3) is 0 Å². The van der Waals surface area contributed by atoms with Gasteiger partial charge >= 0.3 is 5.97 Å². The van der Waals surface area contributed by atoms with Crippen LogP contribution in [0.25, 0.3) is 0 Å². The Kier molecular flexibility index (Phi) is 5.09. The van der Waals surface area contributed by atoms with Crippen LogP contribution in [0, 0.1) is 11.8 Å². The third-order valence-electron chi connectivity index (χ3n) is 3.10. The number of ether oxygens (including phenoxy) is 1. The Morgan fingerprint density at radius 3 is 2.87 bits per heavy atom. The summed E-state index contributed by atoms with van der Waals surface area (Å²) in [6.07, 6.45) is 5.14. The summed E-state index contributed by atoms with van der Waals surface area (Å²) in [5, 5.41) is 0. The molecular weight excluding hydrogens is 190 g/mol. The summed E-state index contributed by atoms with van der Waals surface area (Å²) in [6, 6.07) is 0. The van der Waals surface area contributed by atoms with Crippen molar-refractivity contribution in [1.29, 1.82) is 0 Å². The van der Waals surface area contributed by atoms with Crippen molar-refractivity contribution < 1.29 is 9.53 Å². The van der Waals surface area contributed by atoms with Gasteiger partial charge in [-0.15, -0.1) is 0 Å². The van der Waals surface area contributed by atoms with E-state index in [4.69, 9.17) is 10.5 Å². The molecule has 88 valence electrons. The second kappa shape index (κ2) is 6.11. The molecule has 0 radical (unpaired) electrons. The minimum absolute atomic E-state index is 0.0768. The summed E-state index contributed by atoms with van der Waals surface area (Å²) < 4.78 is 5.44. The van der Waals surface area contributed by atoms with Gasteiger partial charge in [0.2, 0.25) is 0 Å². The summed E-state index contributed by atoms with van der Waals surface area (Å²) in [4.78, 5) is 11.5. The zero-order valence-electron chi connectivity index (χ0n) is 9.87. The van der Waals surface area contributed by atoms with Crippen molar-refractivity contribution in [2.24, 2.45) is 17.6 Å². The first-order chi connectivity index (χ1) is 7.11. The predicted octanol–water partition coefficient (Wildman–Crippen LogP) is 2.09. The number of hydrogen-bond donors (Lipinski definition) is 1. The molecule has 0 aromatic rings. The molecule has 1 rings (SSSR count). The van der Waals surface area contributed by atoms with Crippen LogP contribution < -0.4 is 5.73 Å². The zero-order valence-corrected chi connectivity index (χ0v) is 9.87. The van der Waals surface area contributed by atoms with E-state index in [9.17, 15) is 4.79 Å². The molecule has 0 amide bonds. The fourth-order valence-corrected chi connectivity index (χ4v) is 2.09. The van der Waals surface area contributed by atoms with Gasteiger partial charge < -0.3 is 10.5 Å². The third kappa shape index (κ3) is 4.65. The Labute approximate surface area is 92.4 Å². The van der Waals surface area contributed by atoms with Crippen molar-refractivity contribution in [2.75, 3.05) is 6.54 Å². The first-order valence-electron chi connectivity index (χ1n) is 6.01. The Morgan fingerprint density at radius 1 is 1.53 bits per heavy atom. The summed E-state index contributed by atoms with van der Waals surface area (Å²) in [7, 11) is 0. The van der Waals surface area contributed by atoms with Gasteiger partial charge in [-0.25, -0.2) is 0 Å². The van der Waals surface area contributed by atoms with E-state index in [0.29, 0.717) is 18.9 Å². The number of nitrogens with two attached hydrogens (primary N) is 1. The van der Waals surface area contributed by atoms with Crippen LogP contribution in [0.15, 0.2) is 0 Å². The van der Waals surface area contributed by atoms with Gasteiger partial charge in [-0.3, -0.25) is 4.79 Å². The first-order valence-corrected chi connectivity index (χ1v) is 6.01. The lowest BCUT2D eigenvalue weighted by atomic mass is 9.89. The fraction of sp³-hybridized carbons (Fsp3) is 0.917. The van der Waals surface area contributed by atoms with Gasteiger partial charge in [-0.1, -0.05) is 20.3 Å². The van der Waals surface area contributed by atoms with Gasteiger partial charge in [0, 0.05) is 6.42 Å². The van der Waals surface area contributed by atoms with Crippen LogP contribution in [0.4, 0.5) is 0 Å². The maximum atomic E-state index is 11.5. The van der Waals surface area contributed by atoms with Crippen molar-refractivity contribution in [1.82, 2.24) is 0 Å². The molecule has 0 spiro atoms. The molecule has 0 aliphatic heterocycles. The van der Waals surface area contributed by atoms with E-state index in [1.54, 1.807) is 0 Å². The Morgan fingerprint density at radius 2 is 2.27 bits per heavy atom. The topological polar surface area (TPSA) is 52.3 Å². The van der Waals surface area contributed by atoms with Crippen LogP contribution in [0.5, 0.6) is 0 Å². The van der Waals surface area contributed by atoms with Gasteiger partial charge in [0.1, 0.15) is 6.10 Å². The van der Waals surface area contributed by atoms with Crippen LogP contribution in [0.3, 0.4) is 0 Å². The van der Waals surface area contributed by atoms with Crippen molar-refractivity contribution in [3.8, 4) is 0 Å². The minimum atomic E-state index is -0.0768. The number of rotatable bonds is 4. The van der Waals surface area contributed by atoms with Crippen molar-refractivity contribution in [2.45, 2.75) is 52.1 Å². The highest BCUT2D eigenvalue weighted by atomic mass is 16.5. The molecule has 1 saturated carbocycles. The average molecular weight is 213 g/mol. The largest absolute Gasteiger partial charge is 0.462 e. The van der Waals surface area contributed by atoms with Gasteiger partial charge in [0.15, 0.2) is 0 Å². The van der Waals surface area contributed by atoms with E-state index in [-0.39, 0.29) is 18.0 Å². The molecule has 1 aliphatic rings. The summed E-state index contributed by atoms with van der Waals surface area (Å²) in [5.74, 6) is 0.856. The molecule has 3 nitrogen and oxygen atoms in total. The molecule has 15 heavy (non-hydrogen) atoms. The highest BCUT2D eigenvalue weighted by Gasteiger charge is 2.22. The van der Waals surface area contributed by atoms with E-state index in [1.807, 2.05) is 6.92 Å². The lowest BCUT2D eigenvalue weighted by Gasteiger charge is -2.26. The zero-order chi connectivity index (χ0) is 11.3. The molecule has 0 heterocycles. The molecule has 0 aromatic heterocycles. The average Bonchev–Trinajstić information content (AvgIpc) is 2.17. The second-order valence-corrected chi connectivity index (χ2v) is 4.93. The van der Waals surface area contributed by atoms with Crippen LogP contribution in [-0.4, -0.2) is 18.6 Å². The molecule has 2 N–H and O–H groups in total. The molecule has 3 unspecified atom stereocenters. The normalized spacial score (nSPS) is 28.5. The maximum Gasteiger partial charge on any atom is 0.306 e. The van der Waals surface area contributed by atoms with Gasteiger partial charge in [0.05, 0.1) is 0 Å². The number of hydrogen-bond acceptors (Lipinski definition) is 3. The Bertz CT molecular complexity index is 206. The third-order valence-corrected chi connectivity index (χ3v) is 3.10. The fourth-order valence-electron chi connectivity index (χ4n) is 2.09. The summed E-state index contributed by atoms with van der Waals surface area (Å²) in [5.41, 5.74) is 5.47. The van der Waals surface area contributed by atoms with Crippen LogP contribution in [-0.2, 0) is 9.53 Å². The molecule has 3 atom stereocenters. The number of carbonyl (C=O) groups is 1. The van der Waals surface area contributed by atoms with Gasteiger partial charge in [-0.05, 0) is 37.6 Å². The number of carbonyl (C=O) groups excluding carboxylic acids is 1. The van der Waals surface area contributed by atoms with E-state index in [1.165, 1.54) is 12.8 Å². The molecule has 1 aliphatic carbocycles. The van der Waals surface area contributed by atoms with Crippen LogP contribution in [0.2, 0.25) is 0 Å². The van der Waals surface area contributed by atoms with E-state index < -0.39 is 0 Å². The highest BCUT2D eigenvalue weighted by Crippen LogP contribution is 2.26. The second-order valence-electron chi connectivity index (χ2n) is 4.93. The van der Waals surface area contributed by atoms with Crippen LogP contribution in [0.1, 0.15) is 46.0 Å².